The summed E-state index contributed by atoms with van der Waals surface area (Å²) >= 11 is 0. The molecule has 1 fully saturated rings. The average molecular weight is 413 g/mol. The van der Waals surface area contributed by atoms with Gasteiger partial charge in [-0.15, -0.1) is 0 Å². The highest BCUT2D eigenvalue weighted by molar-refractivity contribution is 7.89. The Morgan fingerprint density at radius 3 is 2.43 bits per heavy atom. The molecule has 150 valence electrons. The molecule has 1 N–H and O–H groups in total. The standard InChI is InChI=1S/C18H18F3N3O3S/c19-18(20,21)15-3-1-2-4-16(15)28(26,27)24(11-13-7-9-22-10-8-13)12-14-5-6-17(25)23-14/h1-4,7-10,14H,5-6,11-12H2,(H,23,25)/t14-/m0/s1. The Bertz CT molecular complexity index is 949. The molecular weight excluding hydrogens is 395 g/mol. The van der Waals surface area contributed by atoms with Crippen LogP contribution in [-0.2, 0) is 27.5 Å². The van der Waals surface area contributed by atoms with E-state index in [9.17, 15) is 26.4 Å². The molecule has 0 radical (unpaired) electrons. The van der Waals surface area contributed by atoms with Gasteiger partial charge in [-0.3, -0.25) is 9.78 Å². The van der Waals surface area contributed by atoms with Crippen molar-refractivity contribution in [2.75, 3.05) is 6.54 Å². The molecule has 3 rings (SSSR count). The molecule has 6 nitrogen and oxygen atoms in total. The number of hydrogen-bond acceptors (Lipinski definition) is 4. The summed E-state index contributed by atoms with van der Waals surface area (Å²) in [6.07, 6.45) is -1.19. The summed E-state index contributed by atoms with van der Waals surface area (Å²) in [5, 5.41) is 2.66. The minimum Gasteiger partial charge on any atom is -0.352 e. The first-order chi connectivity index (χ1) is 13.2. The monoisotopic (exact) mass is 413 g/mol. The number of hydrogen-bond donors (Lipinski definition) is 1. The normalized spacial score (nSPS) is 17.7. The molecule has 1 aliphatic rings. The van der Waals surface area contributed by atoms with Crippen LogP contribution in [0.2, 0.25) is 0 Å². The Balaban J connectivity index is 2.00. The molecular formula is C18H18F3N3O3S. The highest BCUT2D eigenvalue weighted by atomic mass is 32.2. The third-order valence-corrected chi connectivity index (χ3v) is 6.30. The highest BCUT2D eigenvalue weighted by Crippen LogP contribution is 2.35. The molecule has 0 unspecified atom stereocenters. The van der Waals surface area contributed by atoms with E-state index in [1.54, 1.807) is 12.1 Å². The second kappa shape index (κ2) is 7.88. The Morgan fingerprint density at radius 1 is 1.14 bits per heavy atom. The van der Waals surface area contributed by atoms with Gasteiger partial charge in [0.25, 0.3) is 0 Å². The minimum atomic E-state index is -4.81. The van der Waals surface area contributed by atoms with Crippen LogP contribution in [-0.4, -0.2) is 36.2 Å². The maximum atomic E-state index is 13.4. The Labute approximate surface area is 160 Å². The van der Waals surface area contributed by atoms with E-state index >= 15 is 0 Å². The zero-order valence-electron chi connectivity index (χ0n) is 14.7. The van der Waals surface area contributed by atoms with Gasteiger partial charge in [-0.25, -0.2) is 8.42 Å². The summed E-state index contributed by atoms with van der Waals surface area (Å²) in [5.41, 5.74) is -0.641. The molecule has 1 atom stereocenters. The first-order valence-electron chi connectivity index (χ1n) is 8.52. The summed E-state index contributed by atoms with van der Waals surface area (Å²) in [5.74, 6) is -0.207. The quantitative estimate of drug-likeness (QED) is 0.790. The Morgan fingerprint density at radius 2 is 1.82 bits per heavy atom. The van der Waals surface area contributed by atoms with E-state index in [4.69, 9.17) is 0 Å². The van der Waals surface area contributed by atoms with E-state index in [2.05, 4.69) is 10.3 Å². The predicted octanol–water partition coefficient (Wildman–Crippen LogP) is 2.57. The van der Waals surface area contributed by atoms with Gasteiger partial charge in [0.15, 0.2) is 0 Å². The number of halogens is 3. The number of aromatic nitrogens is 1. The number of nitrogens with one attached hydrogen (secondary N) is 1. The zero-order chi connectivity index (χ0) is 20.4. The summed E-state index contributed by atoms with van der Waals surface area (Å²) in [4.78, 5) is 14.5. The lowest BCUT2D eigenvalue weighted by Crippen LogP contribution is -2.42. The average Bonchev–Trinajstić information content (AvgIpc) is 3.06. The smallest absolute Gasteiger partial charge is 0.352 e. The molecule has 0 bridgehead atoms. The molecule has 28 heavy (non-hydrogen) atoms. The van der Waals surface area contributed by atoms with E-state index in [0.717, 1.165) is 22.5 Å². The van der Waals surface area contributed by atoms with E-state index in [1.807, 2.05) is 0 Å². The molecule has 1 saturated heterocycles. The van der Waals surface area contributed by atoms with Crippen LogP contribution in [0.4, 0.5) is 13.2 Å². The van der Waals surface area contributed by atoms with E-state index in [1.165, 1.54) is 18.5 Å². The topological polar surface area (TPSA) is 79.4 Å². The van der Waals surface area contributed by atoms with Crippen LogP contribution in [0.5, 0.6) is 0 Å². The summed E-state index contributed by atoms with van der Waals surface area (Å²) in [7, 11) is -4.48. The SMILES string of the molecule is O=C1CC[C@@H](CN(Cc2ccncc2)S(=O)(=O)c2ccccc2C(F)(F)F)N1. The van der Waals surface area contributed by atoms with Crippen molar-refractivity contribution in [3.8, 4) is 0 Å². The number of amides is 1. The van der Waals surface area contributed by atoms with Crippen LogP contribution in [0.15, 0.2) is 53.7 Å². The third-order valence-electron chi connectivity index (χ3n) is 4.43. The number of carbonyl (C=O) groups is 1. The molecule has 2 heterocycles. The molecule has 2 aromatic rings. The molecule has 1 aromatic carbocycles. The lowest BCUT2D eigenvalue weighted by molar-refractivity contribution is -0.139. The predicted molar refractivity (Wildman–Crippen MR) is 94.4 cm³/mol. The second-order valence-electron chi connectivity index (χ2n) is 6.45. The van der Waals surface area contributed by atoms with Crippen molar-refractivity contribution >= 4 is 15.9 Å². The van der Waals surface area contributed by atoms with Crippen molar-refractivity contribution in [2.24, 2.45) is 0 Å². The maximum absolute atomic E-state index is 13.4. The molecule has 0 spiro atoms. The molecule has 1 aromatic heterocycles. The number of sulfonamides is 1. The molecule has 0 aliphatic carbocycles. The number of nitrogens with zero attached hydrogens (tertiary/aromatic N) is 2. The number of carbonyl (C=O) groups excluding carboxylic acids is 1. The largest absolute Gasteiger partial charge is 0.417 e. The van der Waals surface area contributed by atoms with Gasteiger partial charge >= 0.3 is 6.18 Å². The van der Waals surface area contributed by atoms with Gasteiger partial charge in [-0.1, -0.05) is 12.1 Å². The number of pyridine rings is 1. The minimum absolute atomic E-state index is 0.122. The van der Waals surface area contributed by atoms with E-state index in [0.29, 0.717) is 12.0 Å². The van der Waals surface area contributed by atoms with Crippen molar-refractivity contribution in [3.05, 3.63) is 59.9 Å². The number of benzene rings is 1. The van der Waals surface area contributed by atoms with Gasteiger partial charge < -0.3 is 5.32 Å². The van der Waals surface area contributed by atoms with Gasteiger partial charge in [-0.2, -0.15) is 17.5 Å². The maximum Gasteiger partial charge on any atom is 0.417 e. The van der Waals surface area contributed by atoms with Gasteiger partial charge in [0.05, 0.1) is 10.5 Å². The first-order valence-corrected chi connectivity index (χ1v) is 9.96. The van der Waals surface area contributed by atoms with Crippen molar-refractivity contribution in [1.29, 1.82) is 0 Å². The fraction of sp³-hybridized carbons (Fsp3) is 0.333. The fourth-order valence-corrected chi connectivity index (χ4v) is 4.75. The molecule has 1 aliphatic heterocycles. The van der Waals surface area contributed by atoms with Crippen molar-refractivity contribution in [2.45, 2.75) is 36.5 Å². The molecule has 10 heteroatoms. The van der Waals surface area contributed by atoms with Crippen molar-refractivity contribution in [1.82, 2.24) is 14.6 Å². The third kappa shape index (κ3) is 4.50. The van der Waals surface area contributed by atoms with Gasteiger partial charge in [0.1, 0.15) is 0 Å². The Kier molecular flexibility index (Phi) is 5.71. The summed E-state index contributed by atoms with van der Waals surface area (Å²) in [6.45, 7) is -0.258. The van der Waals surface area contributed by atoms with Crippen LogP contribution in [0.1, 0.15) is 24.0 Å². The first kappa shape index (κ1) is 20.3. The summed E-state index contributed by atoms with van der Waals surface area (Å²) < 4.78 is 67.4. The second-order valence-corrected chi connectivity index (χ2v) is 8.36. The van der Waals surface area contributed by atoms with Gasteiger partial charge in [-0.05, 0) is 36.2 Å². The van der Waals surface area contributed by atoms with Gasteiger partial charge in [0.2, 0.25) is 15.9 Å². The van der Waals surface area contributed by atoms with Gasteiger partial charge in [0, 0.05) is 37.9 Å². The lowest BCUT2D eigenvalue weighted by atomic mass is 10.2. The number of alkyl halides is 3. The molecule has 0 saturated carbocycles. The van der Waals surface area contributed by atoms with Crippen LogP contribution >= 0.6 is 0 Å². The number of rotatable bonds is 6. The highest BCUT2D eigenvalue weighted by Gasteiger charge is 2.39. The fourth-order valence-electron chi connectivity index (χ4n) is 3.06. The van der Waals surface area contributed by atoms with Crippen LogP contribution in [0, 0.1) is 0 Å². The zero-order valence-corrected chi connectivity index (χ0v) is 15.5. The lowest BCUT2D eigenvalue weighted by Gasteiger charge is -2.26. The van der Waals surface area contributed by atoms with Crippen molar-refractivity contribution in [3.63, 3.8) is 0 Å². The van der Waals surface area contributed by atoms with Crippen LogP contribution < -0.4 is 5.32 Å². The van der Waals surface area contributed by atoms with Crippen LogP contribution in [0.25, 0.3) is 0 Å². The van der Waals surface area contributed by atoms with Crippen LogP contribution in [0.3, 0.4) is 0 Å². The van der Waals surface area contributed by atoms with Crippen molar-refractivity contribution < 1.29 is 26.4 Å². The summed E-state index contributed by atoms with van der Waals surface area (Å²) in [6, 6.07) is 6.81. The Hall–Kier alpha value is -2.46. The molecule has 1 amide bonds. The van der Waals surface area contributed by atoms with E-state index < -0.39 is 32.7 Å². The van der Waals surface area contributed by atoms with E-state index in [-0.39, 0.29) is 25.4 Å².